The second-order valence-electron chi connectivity index (χ2n) is 1.34. The SMILES string of the molecule is O=S(=O)(O)O.O=S(=O)(O)O.O=S(=O)(O)O.[Ga].[Ga]. The van der Waals surface area contributed by atoms with Gasteiger partial charge in [0, 0.05) is 39.6 Å². The summed E-state index contributed by atoms with van der Waals surface area (Å²) >= 11 is 0. The van der Waals surface area contributed by atoms with E-state index in [9.17, 15) is 0 Å². The van der Waals surface area contributed by atoms with E-state index in [0.29, 0.717) is 0 Å². The predicted molar refractivity (Wildman–Crippen MR) is 54.0 cm³/mol. The third kappa shape index (κ3) is 4800. The van der Waals surface area contributed by atoms with Crippen LogP contribution in [0, 0.1) is 0 Å². The zero-order valence-electron chi connectivity index (χ0n) is 7.51. The molecule has 0 rings (SSSR count). The minimum absolute atomic E-state index is 0. The second kappa shape index (κ2) is 11.9. The average molecular weight is 434 g/mol. The number of hydrogen-bond acceptors (Lipinski definition) is 6. The van der Waals surface area contributed by atoms with Crippen LogP contribution < -0.4 is 0 Å². The van der Waals surface area contributed by atoms with Gasteiger partial charge in [0.25, 0.3) is 0 Å². The molecule has 6 radical (unpaired) electrons. The molecule has 0 aromatic heterocycles. The van der Waals surface area contributed by atoms with Gasteiger partial charge >= 0.3 is 31.2 Å². The Hall–Kier alpha value is 0.883. The molecule has 0 amide bonds. The molecule has 0 aliphatic carbocycles. The molecule has 0 aliphatic heterocycles. The summed E-state index contributed by atoms with van der Waals surface area (Å²) in [4.78, 5) is 0. The fourth-order valence-electron chi connectivity index (χ4n) is 0. The Morgan fingerprint density at radius 3 is 0.412 bits per heavy atom. The van der Waals surface area contributed by atoms with E-state index in [-0.39, 0.29) is 39.6 Å². The fourth-order valence-corrected chi connectivity index (χ4v) is 0. The molecule has 0 bridgehead atoms. The van der Waals surface area contributed by atoms with Crippen LogP contribution in [0.3, 0.4) is 0 Å². The van der Waals surface area contributed by atoms with Crippen LogP contribution in [0.4, 0.5) is 0 Å². The van der Waals surface area contributed by atoms with Gasteiger partial charge in [-0.25, -0.2) is 0 Å². The van der Waals surface area contributed by atoms with Crippen molar-refractivity contribution in [1.29, 1.82) is 0 Å². The molecular weight excluding hydrogens is 428 g/mol. The van der Waals surface area contributed by atoms with Crippen molar-refractivity contribution in [2.75, 3.05) is 0 Å². The number of rotatable bonds is 0. The van der Waals surface area contributed by atoms with Gasteiger partial charge in [0.05, 0.1) is 0 Å². The van der Waals surface area contributed by atoms with Gasteiger partial charge < -0.3 is 0 Å². The van der Waals surface area contributed by atoms with Gasteiger partial charge in [0.2, 0.25) is 0 Å². The summed E-state index contributed by atoms with van der Waals surface area (Å²) in [5.74, 6) is 0. The predicted octanol–water partition coefficient (Wildman–Crippen LogP) is -2.72. The van der Waals surface area contributed by atoms with E-state index in [1.807, 2.05) is 0 Å². The maximum atomic E-state index is 8.74. The first kappa shape index (κ1) is 30.7. The van der Waals surface area contributed by atoms with Gasteiger partial charge in [0.1, 0.15) is 0 Å². The first-order valence-electron chi connectivity index (χ1n) is 2.10. The normalized spacial score (nSPS) is 10.2. The Labute approximate surface area is 123 Å². The Kier molecular flexibility index (Phi) is 21.6. The standard InChI is InChI=1S/2Ga.3H2O4S/c;;3*1-5(2,3)4/h;;3*(H2,1,2,3,4). The zero-order valence-corrected chi connectivity index (χ0v) is 14.8. The van der Waals surface area contributed by atoms with E-state index in [4.69, 9.17) is 52.6 Å². The molecule has 6 N–H and O–H groups in total. The summed E-state index contributed by atoms with van der Waals surface area (Å²) in [5, 5.41) is 0. The van der Waals surface area contributed by atoms with E-state index in [0.717, 1.165) is 0 Å². The maximum absolute atomic E-state index is 8.74. The summed E-state index contributed by atoms with van der Waals surface area (Å²) in [5.41, 5.74) is 0. The largest absolute Gasteiger partial charge is 0.394 e. The Bertz CT molecular complexity index is 341. The molecule has 0 aromatic rings. The molecule has 0 unspecified atom stereocenters. The van der Waals surface area contributed by atoms with Crippen molar-refractivity contribution in [1.82, 2.24) is 0 Å². The first-order chi connectivity index (χ1) is 6.00. The Balaban J connectivity index is -0.0000000400. The van der Waals surface area contributed by atoms with Crippen molar-refractivity contribution in [2.45, 2.75) is 0 Å². The Morgan fingerprint density at radius 2 is 0.412 bits per heavy atom. The average Bonchev–Trinajstić information content (AvgIpc) is 1.41. The molecule has 12 nitrogen and oxygen atoms in total. The van der Waals surface area contributed by atoms with Crippen LogP contribution in [0.25, 0.3) is 0 Å². The van der Waals surface area contributed by atoms with Crippen LogP contribution in [0.1, 0.15) is 0 Å². The van der Waals surface area contributed by atoms with Gasteiger partial charge in [-0.2, -0.15) is 25.3 Å². The molecule has 0 spiro atoms. The van der Waals surface area contributed by atoms with Gasteiger partial charge in [-0.05, 0) is 0 Å². The van der Waals surface area contributed by atoms with Crippen LogP contribution in [0.2, 0.25) is 0 Å². The first-order valence-corrected chi connectivity index (χ1v) is 6.29. The van der Waals surface area contributed by atoms with Crippen molar-refractivity contribution >= 4 is 70.8 Å². The topological polar surface area (TPSA) is 224 Å². The van der Waals surface area contributed by atoms with Crippen LogP contribution in [-0.4, -0.2) is 92.2 Å². The molecular formula is H6Ga2O12S3. The summed E-state index contributed by atoms with van der Waals surface area (Å²) in [7, 11) is -14.0. The van der Waals surface area contributed by atoms with E-state index < -0.39 is 31.2 Å². The molecule has 102 valence electrons. The molecule has 0 fully saturated rings. The summed E-state index contributed by atoms with van der Waals surface area (Å²) in [6, 6.07) is 0. The summed E-state index contributed by atoms with van der Waals surface area (Å²) in [6.45, 7) is 0. The van der Waals surface area contributed by atoms with Gasteiger partial charge in [0.15, 0.2) is 0 Å². The molecule has 17 heteroatoms. The molecule has 0 saturated heterocycles. The smallest absolute Gasteiger partial charge is 0.264 e. The van der Waals surface area contributed by atoms with E-state index in [2.05, 4.69) is 0 Å². The Morgan fingerprint density at radius 1 is 0.412 bits per heavy atom. The number of hydrogen-bond donors (Lipinski definition) is 6. The van der Waals surface area contributed by atoms with Crippen LogP contribution in [-0.2, 0) is 31.2 Å². The van der Waals surface area contributed by atoms with E-state index in [1.165, 1.54) is 0 Å². The van der Waals surface area contributed by atoms with Gasteiger partial charge in [-0.3, -0.25) is 27.3 Å². The van der Waals surface area contributed by atoms with Crippen LogP contribution >= 0.6 is 0 Å². The van der Waals surface area contributed by atoms with Gasteiger partial charge in [-0.1, -0.05) is 0 Å². The maximum Gasteiger partial charge on any atom is 0.394 e. The van der Waals surface area contributed by atoms with Crippen LogP contribution in [0.15, 0.2) is 0 Å². The second-order valence-corrected chi connectivity index (χ2v) is 4.03. The summed E-state index contributed by atoms with van der Waals surface area (Å²) in [6.07, 6.45) is 0. The third-order valence-corrected chi connectivity index (χ3v) is 0. The van der Waals surface area contributed by atoms with E-state index >= 15 is 0 Å². The van der Waals surface area contributed by atoms with Crippen molar-refractivity contribution < 1.29 is 52.6 Å². The van der Waals surface area contributed by atoms with E-state index in [1.54, 1.807) is 0 Å². The molecule has 0 aromatic carbocycles. The van der Waals surface area contributed by atoms with Crippen LogP contribution in [0.5, 0.6) is 0 Å². The van der Waals surface area contributed by atoms with Gasteiger partial charge in [-0.15, -0.1) is 0 Å². The summed E-state index contributed by atoms with van der Waals surface area (Å²) < 4.78 is 94.8. The molecule has 0 atom stereocenters. The third-order valence-electron chi connectivity index (χ3n) is 0. The zero-order chi connectivity index (χ0) is 13.5. The van der Waals surface area contributed by atoms with Crippen molar-refractivity contribution in [2.24, 2.45) is 0 Å². The van der Waals surface area contributed by atoms with Crippen molar-refractivity contribution in [3.05, 3.63) is 0 Å². The quantitative estimate of drug-likeness (QED) is 0.169. The molecule has 17 heavy (non-hydrogen) atoms. The molecule has 0 heterocycles. The molecule has 0 saturated carbocycles. The molecule has 0 aliphatic rings. The fraction of sp³-hybridized carbons (Fsp3) is 0. The monoisotopic (exact) mass is 432 g/mol. The minimum atomic E-state index is -4.67. The van der Waals surface area contributed by atoms with Crippen molar-refractivity contribution in [3.63, 3.8) is 0 Å². The van der Waals surface area contributed by atoms with Crippen molar-refractivity contribution in [3.8, 4) is 0 Å². The minimum Gasteiger partial charge on any atom is -0.264 e.